The summed E-state index contributed by atoms with van der Waals surface area (Å²) in [6.45, 7) is 4.49. The van der Waals surface area contributed by atoms with Gasteiger partial charge in [-0.3, -0.25) is 0 Å². The van der Waals surface area contributed by atoms with Gasteiger partial charge in [0.25, 0.3) is 0 Å². The van der Waals surface area contributed by atoms with Gasteiger partial charge in [0.1, 0.15) is 0 Å². The average molecular weight is 343 g/mol. The monoisotopic (exact) mass is 343 g/mol. The molecule has 0 spiro atoms. The van der Waals surface area contributed by atoms with E-state index in [1.807, 2.05) is 36.4 Å². The highest BCUT2D eigenvalue weighted by Crippen LogP contribution is 2.52. The first kappa shape index (κ1) is 16.4. The summed E-state index contributed by atoms with van der Waals surface area (Å²) in [6.07, 6.45) is 0. The van der Waals surface area contributed by atoms with E-state index in [4.69, 9.17) is 4.74 Å². The lowest BCUT2D eigenvalue weighted by Gasteiger charge is -2.42. The first-order valence-corrected chi connectivity index (χ1v) is 8.72. The van der Waals surface area contributed by atoms with Gasteiger partial charge in [-0.2, -0.15) is 0 Å². The number of hydrogen-bond donors (Lipinski definition) is 0. The molecular weight excluding hydrogens is 322 g/mol. The van der Waals surface area contributed by atoms with Crippen LogP contribution in [0.25, 0.3) is 0 Å². The molecule has 3 aromatic rings. The smallest absolute Gasteiger partial charge is 0.339 e. The summed E-state index contributed by atoms with van der Waals surface area (Å²) >= 11 is 0. The molecule has 0 aromatic heterocycles. The number of nitrogens with zero attached hydrogens (tertiary/aromatic N) is 1. The topological polar surface area (TPSA) is 29.5 Å². The number of rotatable bonds is 2. The maximum atomic E-state index is 12.4. The highest BCUT2D eigenvalue weighted by atomic mass is 16.5. The largest absolute Gasteiger partial charge is 0.465 e. The zero-order chi connectivity index (χ0) is 18.3. The van der Waals surface area contributed by atoms with Crippen molar-refractivity contribution in [2.24, 2.45) is 0 Å². The van der Waals surface area contributed by atoms with Crippen LogP contribution in [-0.2, 0) is 10.2 Å². The zero-order valence-electron chi connectivity index (χ0n) is 15.2. The normalized spacial score (nSPS) is 14.3. The van der Waals surface area contributed by atoms with Gasteiger partial charge in [-0.15, -0.1) is 0 Å². The van der Waals surface area contributed by atoms with Crippen LogP contribution in [0.4, 0.5) is 17.1 Å². The maximum Gasteiger partial charge on any atom is 0.339 e. The van der Waals surface area contributed by atoms with E-state index in [-0.39, 0.29) is 11.4 Å². The number of para-hydroxylation sites is 3. The minimum atomic E-state index is -0.333. The van der Waals surface area contributed by atoms with E-state index in [0.717, 1.165) is 17.1 Å². The fourth-order valence-corrected chi connectivity index (χ4v) is 3.88. The van der Waals surface area contributed by atoms with Crippen LogP contribution in [0.15, 0.2) is 72.8 Å². The lowest BCUT2D eigenvalue weighted by Crippen LogP contribution is -2.31. The van der Waals surface area contributed by atoms with E-state index in [2.05, 4.69) is 55.1 Å². The van der Waals surface area contributed by atoms with Crippen LogP contribution in [0.5, 0.6) is 0 Å². The van der Waals surface area contributed by atoms with Crippen molar-refractivity contribution >= 4 is 23.0 Å². The highest BCUT2D eigenvalue weighted by Gasteiger charge is 2.37. The van der Waals surface area contributed by atoms with Gasteiger partial charge in [-0.25, -0.2) is 4.79 Å². The van der Waals surface area contributed by atoms with Crippen molar-refractivity contribution in [3.05, 3.63) is 89.5 Å². The predicted octanol–water partition coefficient (Wildman–Crippen LogP) is 5.58. The predicted molar refractivity (Wildman–Crippen MR) is 105 cm³/mol. The maximum absolute atomic E-state index is 12.4. The van der Waals surface area contributed by atoms with Crippen LogP contribution < -0.4 is 4.90 Å². The van der Waals surface area contributed by atoms with E-state index in [9.17, 15) is 4.79 Å². The minimum Gasteiger partial charge on any atom is -0.465 e. The zero-order valence-corrected chi connectivity index (χ0v) is 15.2. The molecule has 0 aliphatic carbocycles. The summed E-state index contributed by atoms with van der Waals surface area (Å²) in [7, 11) is 1.42. The molecule has 1 aliphatic heterocycles. The van der Waals surface area contributed by atoms with Crippen LogP contribution in [-0.4, -0.2) is 13.1 Å². The van der Waals surface area contributed by atoms with Gasteiger partial charge < -0.3 is 9.64 Å². The summed E-state index contributed by atoms with van der Waals surface area (Å²) in [5.74, 6) is -0.333. The lowest BCUT2D eigenvalue weighted by atomic mass is 9.73. The Hall–Kier alpha value is -3.07. The van der Waals surface area contributed by atoms with Gasteiger partial charge in [0.05, 0.1) is 29.7 Å². The van der Waals surface area contributed by atoms with Gasteiger partial charge in [0, 0.05) is 5.41 Å². The van der Waals surface area contributed by atoms with Crippen molar-refractivity contribution in [2.75, 3.05) is 12.0 Å². The second kappa shape index (κ2) is 6.03. The number of anilines is 3. The van der Waals surface area contributed by atoms with Crippen molar-refractivity contribution < 1.29 is 9.53 Å². The quantitative estimate of drug-likeness (QED) is 0.569. The molecule has 4 rings (SSSR count). The van der Waals surface area contributed by atoms with E-state index in [1.165, 1.54) is 18.2 Å². The van der Waals surface area contributed by atoms with Crippen molar-refractivity contribution in [1.29, 1.82) is 0 Å². The van der Waals surface area contributed by atoms with Gasteiger partial charge in [0.15, 0.2) is 0 Å². The summed E-state index contributed by atoms with van der Waals surface area (Å²) in [4.78, 5) is 14.5. The summed E-state index contributed by atoms with van der Waals surface area (Å²) in [5.41, 5.74) is 5.91. The highest BCUT2D eigenvalue weighted by molar-refractivity contribution is 6.00. The fraction of sp³-hybridized carbons (Fsp3) is 0.174. The molecule has 3 heteroatoms. The number of esters is 1. The molecule has 0 atom stereocenters. The third-order valence-electron chi connectivity index (χ3n) is 5.19. The van der Waals surface area contributed by atoms with Gasteiger partial charge in [0.2, 0.25) is 0 Å². The third kappa shape index (κ3) is 2.31. The second-order valence-corrected chi connectivity index (χ2v) is 7.00. The van der Waals surface area contributed by atoms with Crippen molar-refractivity contribution in [2.45, 2.75) is 19.3 Å². The lowest BCUT2D eigenvalue weighted by molar-refractivity contribution is 0.0601. The van der Waals surface area contributed by atoms with E-state index in [0.29, 0.717) is 5.56 Å². The summed E-state index contributed by atoms with van der Waals surface area (Å²) in [6, 6.07) is 24.4. The van der Waals surface area contributed by atoms with Crippen molar-refractivity contribution in [3.63, 3.8) is 0 Å². The molecule has 130 valence electrons. The molecular formula is C23H21NO2. The average Bonchev–Trinajstić information content (AvgIpc) is 2.68. The molecule has 0 radical (unpaired) electrons. The molecule has 3 nitrogen and oxygen atoms in total. The standard InChI is InChI=1S/C23H21NO2/c1-23(2)17-11-5-8-14-20(17)24(21-15-9-6-12-18(21)23)19-13-7-4-10-16(19)22(25)26-3/h4-15H,1-3H3. The number of carbonyl (C=O) groups is 1. The van der Waals surface area contributed by atoms with Crippen LogP contribution in [0, 0.1) is 0 Å². The Morgan fingerprint density at radius 1 is 0.769 bits per heavy atom. The van der Waals surface area contributed by atoms with E-state index < -0.39 is 0 Å². The third-order valence-corrected chi connectivity index (χ3v) is 5.19. The number of benzene rings is 3. The SMILES string of the molecule is COC(=O)c1ccccc1N1c2ccccc2C(C)(C)c2ccccc21. The Labute approximate surface area is 153 Å². The molecule has 0 saturated carbocycles. The number of methoxy groups -OCH3 is 1. The Morgan fingerprint density at radius 3 is 1.77 bits per heavy atom. The molecule has 0 amide bonds. The molecule has 1 heterocycles. The number of ether oxygens (including phenoxy) is 1. The molecule has 0 unspecified atom stereocenters. The second-order valence-electron chi connectivity index (χ2n) is 7.00. The van der Waals surface area contributed by atoms with Gasteiger partial charge in [-0.05, 0) is 35.4 Å². The first-order valence-electron chi connectivity index (χ1n) is 8.72. The summed E-state index contributed by atoms with van der Waals surface area (Å²) < 4.78 is 5.02. The van der Waals surface area contributed by atoms with Crippen molar-refractivity contribution in [1.82, 2.24) is 0 Å². The van der Waals surface area contributed by atoms with Gasteiger partial charge in [-0.1, -0.05) is 62.4 Å². The van der Waals surface area contributed by atoms with Crippen LogP contribution >= 0.6 is 0 Å². The number of hydrogen-bond acceptors (Lipinski definition) is 3. The molecule has 0 N–H and O–H groups in total. The number of carbonyl (C=O) groups excluding carboxylic acids is 1. The Balaban J connectivity index is 2.04. The van der Waals surface area contributed by atoms with Crippen LogP contribution in [0.2, 0.25) is 0 Å². The Kier molecular flexibility index (Phi) is 3.80. The van der Waals surface area contributed by atoms with Gasteiger partial charge >= 0.3 is 5.97 Å². The Morgan fingerprint density at radius 2 is 1.23 bits per heavy atom. The molecule has 3 aromatic carbocycles. The van der Waals surface area contributed by atoms with Crippen molar-refractivity contribution in [3.8, 4) is 0 Å². The molecule has 0 bridgehead atoms. The van der Waals surface area contributed by atoms with Crippen LogP contribution in [0.1, 0.15) is 35.3 Å². The molecule has 26 heavy (non-hydrogen) atoms. The summed E-state index contributed by atoms with van der Waals surface area (Å²) in [5, 5.41) is 0. The first-order chi connectivity index (χ1) is 12.6. The molecule has 1 aliphatic rings. The number of fused-ring (bicyclic) bond motifs is 2. The fourth-order valence-electron chi connectivity index (χ4n) is 3.88. The Bertz CT molecular complexity index is 941. The molecule has 0 saturated heterocycles. The van der Waals surface area contributed by atoms with Crippen LogP contribution in [0.3, 0.4) is 0 Å². The minimum absolute atomic E-state index is 0.121. The van der Waals surface area contributed by atoms with E-state index >= 15 is 0 Å². The van der Waals surface area contributed by atoms with E-state index in [1.54, 1.807) is 0 Å². The molecule has 0 fully saturated rings.